The van der Waals surface area contributed by atoms with Crippen molar-refractivity contribution in [3.63, 3.8) is 0 Å². The van der Waals surface area contributed by atoms with Gasteiger partial charge < -0.3 is 20.1 Å². The maximum absolute atomic E-state index is 12.7. The number of nitrogens with zero attached hydrogens (tertiary/aromatic N) is 3. The first-order valence-corrected chi connectivity index (χ1v) is 6.11. The highest BCUT2D eigenvalue weighted by molar-refractivity contribution is 5.48. The Bertz CT molecular complexity index is 444. The number of aliphatic hydroxyl groups excluding tert-OH is 1. The third-order valence-corrected chi connectivity index (χ3v) is 2.83. The number of nitrogens with one attached hydrogen (secondary N) is 1. The molecule has 1 aromatic heterocycles. The van der Waals surface area contributed by atoms with Gasteiger partial charge >= 0.3 is 6.18 Å². The Hall–Kier alpha value is -1.61. The molecule has 112 valence electrons. The van der Waals surface area contributed by atoms with E-state index >= 15 is 0 Å². The second-order valence-electron chi connectivity index (χ2n) is 4.26. The van der Waals surface area contributed by atoms with Gasteiger partial charge in [-0.2, -0.15) is 13.2 Å². The molecule has 0 saturated carbocycles. The van der Waals surface area contributed by atoms with Crippen molar-refractivity contribution in [2.24, 2.45) is 0 Å². The summed E-state index contributed by atoms with van der Waals surface area (Å²) in [4.78, 5) is 9.41. The molecular formula is C11H15F3N4O2. The van der Waals surface area contributed by atoms with Crippen molar-refractivity contribution in [1.82, 2.24) is 9.97 Å². The fourth-order valence-corrected chi connectivity index (χ4v) is 1.86. The van der Waals surface area contributed by atoms with Gasteiger partial charge in [-0.15, -0.1) is 0 Å². The number of ether oxygens (including phenoxy) is 1. The van der Waals surface area contributed by atoms with E-state index in [4.69, 9.17) is 9.84 Å². The predicted molar refractivity (Wildman–Crippen MR) is 65.6 cm³/mol. The van der Waals surface area contributed by atoms with E-state index in [0.29, 0.717) is 24.7 Å². The van der Waals surface area contributed by atoms with Crippen LogP contribution in [0.15, 0.2) is 12.4 Å². The molecule has 0 amide bonds. The van der Waals surface area contributed by atoms with Gasteiger partial charge in [0.15, 0.2) is 6.10 Å². The molecular weight excluding hydrogens is 277 g/mol. The minimum Gasteiger partial charge on any atom is -0.395 e. The third-order valence-electron chi connectivity index (χ3n) is 2.83. The zero-order valence-electron chi connectivity index (χ0n) is 10.6. The largest absolute Gasteiger partial charge is 0.416 e. The molecule has 0 spiro atoms. The second-order valence-corrected chi connectivity index (χ2v) is 4.26. The summed E-state index contributed by atoms with van der Waals surface area (Å²) < 4.78 is 42.7. The fraction of sp³-hybridized carbons (Fsp3) is 0.636. The van der Waals surface area contributed by atoms with Crippen LogP contribution in [0.4, 0.5) is 24.8 Å². The van der Waals surface area contributed by atoms with Crippen LogP contribution in [0.1, 0.15) is 0 Å². The summed E-state index contributed by atoms with van der Waals surface area (Å²) in [5.41, 5.74) is 0. The van der Waals surface area contributed by atoms with E-state index in [1.165, 1.54) is 11.2 Å². The highest BCUT2D eigenvalue weighted by Crippen LogP contribution is 2.27. The first-order valence-electron chi connectivity index (χ1n) is 6.11. The topological polar surface area (TPSA) is 70.5 Å². The second kappa shape index (κ2) is 6.23. The third kappa shape index (κ3) is 3.70. The van der Waals surface area contributed by atoms with Crippen LogP contribution in [0, 0.1) is 0 Å². The van der Waals surface area contributed by atoms with Gasteiger partial charge in [0.2, 0.25) is 0 Å². The van der Waals surface area contributed by atoms with Crippen LogP contribution >= 0.6 is 0 Å². The number of hydrogen-bond acceptors (Lipinski definition) is 6. The Balaban J connectivity index is 2.07. The van der Waals surface area contributed by atoms with Crippen LogP contribution in [0.5, 0.6) is 0 Å². The number of rotatable bonds is 4. The molecule has 1 fully saturated rings. The van der Waals surface area contributed by atoms with Gasteiger partial charge in [0.1, 0.15) is 18.0 Å². The minimum absolute atomic E-state index is 0.00637. The van der Waals surface area contributed by atoms with Crippen LogP contribution in [0.2, 0.25) is 0 Å². The van der Waals surface area contributed by atoms with Gasteiger partial charge in [-0.05, 0) is 0 Å². The van der Waals surface area contributed by atoms with Crippen molar-refractivity contribution in [3.05, 3.63) is 12.4 Å². The number of hydrogen-bond donors (Lipinski definition) is 2. The van der Waals surface area contributed by atoms with E-state index in [-0.39, 0.29) is 19.8 Å². The molecule has 0 aromatic carbocycles. The number of alkyl halides is 3. The monoisotopic (exact) mass is 292 g/mol. The van der Waals surface area contributed by atoms with Gasteiger partial charge in [-0.25, -0.2) is 9.97 Å². The lowest BCUT2D eigenvalue weighted by Crippen LogP contribution is -2.49. The highest BCUT2D eigenvalue weighted by Gasteiger charge is 2.43. The van der Waals surface area contributed by atoms with Gasteiger partial charge in [0, 0.05) is 19.2 Å². The summed E-state index contributed by atoms with van der Waals surface area (Å²) in [6, 6.07) is 1.55. The molecule has 0 radical (unpaired) electrons. The van der Waals surface area contributed by atoms with E-state index < -0.39 is 12.3 Å². The van der Waals surface area contributed by atoms with Crippen LogP contribution in [0.3, 0.4) is 0 Å². The van der Waals surface area contributed by atoms with Gasteiger partial charge in [-0.1, -0.05) is 0 Å². The van der Waals surface area contributed by atoms with Crippen LogP contribution < -0.4 is 10.2 Å². The smallest absolute Gasteiger partial charge is 0.395 e. The van der Waals surface area contributed by atoms with E-state index in [9.17, 15) is 13.2 Å². The van der Waals surface area contributed by atoms with Crippen LogP contribution in [-0.4, -0.2) is 60.2 Å². The summed E-state index contributed by atoms with van der Waals surface area (Å²) in [6.07, 6.45) is -4.92. The average molecular weight is 292 g/mol. The van der Waals surface area contributed by atoms with E-state index in [0.717, 1.165) is 0 Å². The molecule has 1 aliphatic heterocycles. The van der Waals surface area contributed by atoms with Crippen molar-refractivity contribution in [2.75, 3.05) is 43.1 Å². The summed E-state index contributed by atoms with van der Waals surface area (Å²) in [5, 5.41) is 11.5. The van der Waals surface area contributed by atoms with Crippen molar-refractivity contribution in [3.8, 4) is 0 Å². The van der Waals surface area contributed by atoms with E-state index in [1.807, 2.05) is 0 Å². The number of anilines is 2. The lowest BCUT2D eigenvalue weighted by Gasteiger charge is -2.34. The van der Waals surface area contributed by atoms with Gasteiger partial charge in [0.25, 0.3) is 0 Å². The normalized spacial score (nSPS) is 20.0. The van der Waals surface area contributed by atoms with Crippen molar-refractivity contribution >= 4 is 11.6 Å². The van der Waals surface area contributed by atoms with E-state index in [1.54, 1.807) is 6.07 Å². The zero-order chi connectivity index (χ0) is 14.6. The van der Waals surface area contributed by atoms with Crippen molar-refractivity contribution in [2.45, 2.75) is 12.3 Å². The molecule has 1 aliphatic rings. The molecule has 1 aromatic rings. The number of morpholine rings is 1. The van der Waals surface area contributed by atoms with Crippen molar-refractivity contribution < 1.29 is 23.0 Å². The Morgan fingerprint density at radius 2 is 2.25 bits per heavy atom. The quantitative estimate of drug-likeness (QED) is 0.849. The lowest BCUT2D eigenvalue weighted by molar-refractivity contribution is -0.221. The molecule has 2 heterocycles. The zero-order valence-corrected chi connectivity index (χ0v) is 10.6. The molecule has 1 unspecified atom stereocenters. The molecule has 1 saturated heterocycles. The van der Waals surface area contributed by atoms with Gasteiger partial charge in [0.05, 0.1) is 19.8 Å². The van der Waals surface area contributed by atoms with Crippen molar-refractivity contribution in [1.29, 1.82) is 0 Å². The molecule has 9 heteroatoms. The van der Waals surface area contributed by atoms with Gasteiger partial charge in [-0.3, -0.25) is 0 Å². The Labute approximate surface area is 113 Å². The first kappa shape index (κ1) is 14.8. The number of halogens is 3. The Morgan fingerprint density at radius 1 is 1.45 bits per heavy atom. The summed E-state index contributed by atoms with van der Waals surface area (Å²) in [5.74, 6) is 0.858. The summed E-state index contributed by atoms with van der Waals surface area (Å²) in [7, 11) is 0. The summed E-state index contributed by atoms with van der Waals surface area (Å²) in [6.45, 7) is 0.286. The first-order chi connectivity index (χ1) is 9.50. The lowest BCUT2D eigenvalue weighted by atomic mass is 10.2. The van der Waals surface area contributed by atoms with Crippen LogP contribution in [-0.2, 0) is 4.74 Å². The molecule has 0 bridgehead atoms. The molecule has 20 heavy (non-hydrogen) atoms. The number of aliphatic hydroxyl groups is 1. The minimum atomic E-state index is -4.39. The average Bonchev–Trinajstić information content (AvgIpc) is 2.45. The molecule has 2 rings (SSSR count). The SMILES string of the molecule is OCCNc1cc(N2CCOC(C(F)(F)F)C2)ncn1. The predicted octanol–water partition coefficient (Wildman–Crippen LogP) is 0.648. The Kier molecular flexibility index (Phi) is 4.61. The Morgan fingerprint density at radius 3 is 2.95 bits per heavy atom. The molecule has 6 nitrogen and oxygen atoms in total. The molecule has 1 atom stereocenters. The number of aromatic nitrogens is 2. The summed E-state index contributed by atoms with van der Waals surface area (Å²) >= 11 is 0. The molecule has 0 aliphatic carbocycles. The molecule has 2 N–H and O–H groups in total. The fourth-order valence-electron chi connectivity index (χ4n) is 1.86. The maximum atomic E-state index is 12.7. The van der Waals surface area contributed by atoms with Crippen LogP contribution in [0.25, 0.3) is 0 Å². The van der Waals surface area contributed by atoms with E-state index in [2.05, 4.69) is 15.3 Å². The highest BCUT2D eigenvalue weighted by atomic mass is 19.4. The maximum Gasteiger partial charge on any atom is 0.416 e. The standard InChI is InChI=1S/C11H15F3N4O2/c12-11(13,14)8-6-18(2-4-20-8)10-5-9(15-1-3-19)16-7-17-10/h5,7-8,19H,1-4,6H2,(H,15,16,17).